The monoisotopic (exact) mass is 282 g/mol. The first-order valence-corrected chi connectivity index (χ1v) is 6.93. The molecule has 1 N–H and O–H groups in total. The summed E-state index contributed by atoms with van der Waals surface area (Å²) in [6.45, 7) is 5.96. The molecule has 3 rings (SSSR count). The fourth-order valence-electron chi connectivity index (χ4n) is 2.24. The molecule has 0 bridgehead atoms. The van der Waals surface area contributed by atoms with Crippen molar-refractivity contribution in [3.05, 3.63) is 60.2 Å². The van der Waals surface area contributed by atoms with Gasteiger partial charge >= 0.3 is 0 Å². The van der Waals surface area contributed by atoms with Crippen LogP contribution in [0.15, 0.2) is 47.3 Å². The first-order chi connectivity index (χ1) is 10.1. The van der Waals surface area contributed by atoms with E-state index in [9.17, 15) is 0 Å². The van der Waals surface area contributed by atoms with E-state index in [-0.39, 0.29) is 6.04 Å². The zero-order valence-corrected chi connectivity index (χ0v) is 12.4. The van der Waals surface area contributed by atoms with E-state index in [0.717, 1.165) is 28.9 Å². The lowest BCUT2D eigenvalue weighted by Crippen LogP contribution is -2.06. The molecular weight excluding hydrogens is 264 g/mol. The molecule has 0 aliphatic rings. The standard InChI is InChI=1S/C16H18N4O/c1-11-4-6-15(21-11)12(2)19-14-5-7-16(18-10-14)20-9-8-17-13(20)3/h4-10,12,19H,1-3H3. The number of aromatic nitrogens is 3. The molecule has 0 amide bonds. The maximum absolute atomic E-state index is 5.62. The van der Waals surface area contributed by atoms with Gasteiger partial charge in [-0.25, -0.2) is 9.97 Å². The third-order valence-electron chi connectivity index (χ3n) is 3.39. The smallest absolute Gasteiger partial charge is 0.138 e. The topological polar surface area (TPSA) is 55.9 Å². The van der Waals surface area contributed by atoms with Gasteiger partial charge in [0.05, 0.1) is 17.9 Å². The van der Waals surface area contributed by atoms with Crippen molar-refractivity contribution in [1.29, 1.82) is 0 Å². The summed E-state index contributed by atoms with van der Waals surface area (Å²) in [4.78, 5) is 8.66. The molecule has 5 nitrogen and oxygen atoms in total. The lowest BCUT2D eigenvalue weighted by Gasteiger charge is -2.13. The van der Waals surface area contributed by atoms with Gasteiger partial charge in [0.15, 0.2) is 0 Å². The zero-order chi connectivity index (χ0) is 14.8. The maximum Gasteiger partial charge on any atom is 0.138 e. The number of hydrogen-bond donors (Lipinski definition) is 1. The lowest BCUT2D eigenvalue weighted by atomic mass is 10.2. The fourth-order valence-corrected chi connectivity index (χ4v) is 2.24. The highest BCUT2D eigenvalue weighted by molar-refractivity contribution is 5.45. The molecule has 0 aliphatic carbocycles. The number of imidazole rings is 1. The second kappa shape index (κ2) is 5.44. The van der Waals surface area contributed by atoms with E-state index in [2.05, 4.69) is 22.2 Å². The average molecular weight is 282 g/mol. The molecule has 5 heteroatoms. The van der Waals surface area contributed by atoms with Gasteiger partial charge < -0.3 is 9.73 Å². The molecule has 21 heavy (non-hydrogen) atoms. The number of nitrogens with one attached hydrogen (secondary N) is 1. The highest BCUT2D eigenvalue weighted by Crippen LogP contribution is 2.21. The van der Waals surface area contributed by atoms with Crippen molar-refractivity contribution < 1.29 is 4.42 Å². The lowest BCUT2D eigenvalue weighted by molar-refractivity contribution is 0.467. The van der Waals surface area contributed by atoms with E-state index >= 15 is 0 Å². The minimum Gasteiger partial charge on any atom is -0.464 e. The van der Waals surface area contributed by atoms with Gasteiger partial charge in [-0.15, -0.1) is 0 Å². The fraction of sp³-hybridized carbons (Fsp3) is 0.250. The van der Waals surface area contributed by atoms with Gasteiger partial charge in [0.25, 0.3) is 0 Å². The summed E-state index contributed by atoms with van der Waals surface area (Å²) in [5, 5.41) is 3.38. The molecule has 108 valence electrons. The van der Waals surface area contributed by atoms with Gasteiger partial charge in [-0.2, -0.15) is 0 Å². The minimum atomic E-state index is 0.0985. The number of pyridine rings is 1. The quantitative estimate of drug-likeness (QED) is 0.793. The van der Waals surface area contributed by atoms with Gasteiger partial charge in [-0.05, 0) is 45.0 Å². The minimum absolute atomic E-state index is 0.0985. The van der Waals surface area contributed by atoms with E-state index in [4.69, 9.17) is 4.42 Å². The molecule has 0 spiro atoms. The van der Waals surface area contributed by atoms with Gasteiger partial charge in [0.1, 0.15) is 23.2 Å². The van der Waals surface area contributed by atoms with E-state index < -0.39 is 0 Å². The second-order valence-corrected chi connectivity index (χ2v) is 5.06. The predicted octanol–water partition coefficient (Wildman–Crippen LogP) is 3.65. The molecule has 0 aliphatic heterocycles. The van der Waals surface area contributed by atoms with Crippen molar-refractivity contribution in [2.45, 2.75) is 26.8 Å². The summed E-state index contributed by atoms with van der Waals surface area (Å²) in [5.74, 6) is 3.62. The normalized spacial score (nSPS) is 12.3. The van der Waals surface area contributed by atoms with Crippen LogP contribution in [0.25, 0.3) is 5.82 Å². The molecular formula is C16H18N4O. The molecule has 0 saturated heterocycles. The Bertz CT molecular complexity index is 727. The van der Waals surface area contributed by atoms with Crippen molar-refractivity contribution in [2.24, 2.45) is 0 Å². The highest BCUT2D eigenvalue weighted by Gasteiger charge is 2.09. The Morgan fingerprint density at radius 3 is 2.57 bits per heavy atom. The molecule has 3 aromatic heterocycles. The Morgan fingerprint density at radius 1 is 1.14 bits per heavy atom. The van der Waals surface area contributed by atoms with Crippen LogP contribution in [-0.2, 0) is 0 Å². The Morgan fingerprint density at radius 2 is 2.00 bits per heavy atom. The van der Waals surface area contributed by atoms with Crippen LogP contribution >= 0.6 is 0 Å². The molecule has 1 atom stereocenters. The van der Waals surface area contributed by atoms with Crippen molar-refractivity contribution in [3.63, 3.8) is 0 Å². The molecule has 1 unspecified atom stereocenters. The van der Waals surface area contributed by atoms with Crippen molar-refractivity contribution in [1.82, 2.24) is 14.5 Å². The van der Waals surface area contributed by atoms with Crippen LogP contribution in [0.5, 0.6) is 0 Å². The number of furan rings is 1. The first-order valence-electron chi connectivity index (χ1n) is 6.93. The third-order valence-corrected chi connectivity index (χ3v) is 3.39. The van der Waals surface area contributed by atoms with Crippen molar-refractivity contribution in [2.75, 3.05) is 5.32 Å². The zero-order valence-electron chi connectivity index (χ0n) is 12.4. The van der Waals surface area contributed by atoms with E-state index in [1.807, 2.05) is 55.1 Å². The summed E-state index contributed by atoms with van der Waals surface area (Å²) in [6, 6.07) is 8.03. The van der Waals surface area contributed by atoms with Crippen LogP contribution in [-0.4, -0.2) is 14.5 Å². The van der Waals surface area contributed by atoms with E-state index in [0.29, 0.717) is 0 Å². The van der Waals surface area contributed by atoms with Gasteiger partial charge in [-0.1, -0.05) is 0 Å². The van der Waals surface area contributed by atoms with Gasteiger partial charge in [0, 0.05) is 12.4 Å². The Labute approximate surface area is 123 Å². The highest BCUT2D eigenvalue weighted by atomic mass is 16.3. The van der Waals surface area contributed by atoms with Crippen LogP contribution in [0.1, 0.15) is 30.3 Å². The Hall–Kier alpha value is -2.56. The van der Waals surface area contributed by atoms with Crippen LogP contribution < -0.4 is 5.32 Å². The molecule has 3 aromatic rings. The van der Waals surface area contributed by atoms with E-state index in [1.54, 1.807) is 6.20 Å². The van der Waals surface area contributed by atoms with Crippen LogP contribution in [0, 0.1) is 13.8 Å². The number of anilines is 1. The summed E-state index contributed by atoms with van der Waals surface area (Å²) >= 11 is 0. The number of nitrogens with zero attached hydrogens (tertiary/aromatic N) is 3. The molecule has 0 radical (unpaired) electrons. The van der Waals surface area contributed by atoms with Crippen LogP contribution in [0.2, 0.25) is 0 Å². The van der Waals surface area contributed by atoms with E-state index in [1.165, 1.54) is 0 Å². The summed E-state index contributed by atoms with van der Waals surface area (Å²) in [6.07, 6.45) is 5.49. The second-order valence-electron chi connectivity index (χ2n) is 5.06. The third kappa shape index (κ3) is 2.81. The largest absolute Gasteiger partial charge is 0.464 e. The summed E-state index contributed by atoms with van der Waals surface area (Å²) in [5.41, 5.74) is 0.957. The van der Waals surface area contributed by atoms with Crippen LogP contribution in [0.4, 0.5) is 5.69 Å². The predicted molar refractivity (Wildman–Crippen MR) is 81.6 cm³/mol. The van der Waals surface area contributed by atoms with Gasteiger partial charge in [-0.3, -0.25) is 4.57 Å². The first kappa shape index (κ1) is 13.4. The Kier molecular flexibility index (Phi) is 3.48. The molecule has 0 fully saturated rings. The van der Waals surface area contributed by atoms with Crippen molar-refractivity contribution >= 4 is 5.69 Å². The molecule has 0 aromatic carbocycles. The number of rotatable bonds is 4. The maximum atomic E-state index is 5.62. The summed E-state index contributed by atoms with van der Waals surface area (Å²) < 4.78 is 7.57. The van der Waals surface area contributed by atoms with Gasteiger partial charge in [0.2, 0.25) is 0 Å². The van der Waals surface area contributed by atoms with Crippen molar-refractivity contribution in [3.8, 4) is 5.82 Å². The Balaban J connectivity index is 1.74. The molecule has 3 heterocycles. The average Bonchev–Trinajstić information content (AvgIpc) is 3.08. The number of aryl methyl sites for hydroxylation is 2. The molecule has 0 saturated carbocycles. The summed E-state index contributed by atoms with van der Waals surface area (Å²) in [7, 11) is 0. The number of hydrogen-bond acceptors (Lipinski definition) is 4. The van der Waals surface area contributed by atoms with Crippen LogP contribution in [0.3, 0.4) is 0 Å². The SMILES string of the molecule is Cc1ccc(C(C)Nc2ccc(-n3ccnc3C)nc2)o1.